The number of carbonyl (C=O) groups is 1. The predicted molar refractivity (Wildman–Crippen MR) is 109 cm³/mol. The molecule has 0 radical (unpaired) electrons. The van der Waals surface area contributed by atoms with E-state index in [1.807, 2.05) is 24.5 Å². The van der Waals surface area contributed by atoms with Crippen LogP contribution in [-0.4, -0.2) is 45.5 Å². The summed E-state index contributed by atoms with van der Waals surface area (Å²) in [7, 11) is 0. The van der Waals surface area contributed by atoms with Crippen LogP contribution in [0.1, 0.15) is 57.8 Å². The van der Waals surface area contributed by atoms with E-state index >= 15 is 0 Å². The van der Waals surface area contributed by atoms with E-state index in [0.717, 1.165) is 17.6 Å². The highest BCUT2D eigenvalue weighted by molar-refractivity contribution is 5.77. The summed E-state index contributed by atoms with van der Waals surface area (Å²) in [5.41, 5.74) is 2.29. The van der Waals surface area contributed by atoms with Crippen LogP contribution in [0.15, 0.2) is 30.6 Å². The Hall–Kier alpha value is -1.88. The van der Waals surface area contributed by atoms with Crippen molar-refractivity contribution >= 4 is 16.9 Å². The average molecular weight is 369 g/mol. The second kappa shape index (κ2) is 8.42. The molecule has 2 aromatic rings. The second-order valence-corrected chi connectivity index (χ2v) is 8.29. The number of piperidine rings is 1. The fourth-order valence-corrected chi connectivity index (χ4v) is 4.94. The van der Waals surface area contributed by atoms with E-state index in [4.69, 9.17) is 0 Å². The van der Waals surface area contributed by atoms with E-state index in [-0.39, 0.29) is 11.4 Å². The number of hydrogen-bond acceptors (Lipinski definition) is 3. The Morgan fingerprint density at radius 2 is 1.78 bits per heavy atom. The number of aromatic nitrogens is 2. The van der Waals surface area contributed by atoms with Crippen LogP contribution >= 0.6 is 0 Å². The van der Waals surface area contributed by atoms with Crippen LogP contribution in [0.3, 0.4) is 0 Å². The van der Waals surface area contributed by atoms with E-state index in [0.29, 0.717) is 13.0 Å². The number of hydrogen-bond donors (Lipinski definition) is 1. The molecule has 5 heteroatoms. The van der Waals surface area contributed by atoms with Gasteiger partial charge in [0.1, 0.15) is 0 Å². The van der Waals surface area contributed by atoms with Gasteiger partial charge >= 0.3 is 0 Å². The number of benzene rings is 1. The summed E-state index contributed by atoms with van der Waals surface area (Å²) in [6.45, 7) is 3.91. The minimum absolute atomic E-state index is 0.162. The zero-order valence-electron chi connectivity index (χ0n) is 16.3. The average Bonchev–Trinajstić information content (AvgIpc) is 3.15. The molecule has 1 amide bonds. The van der Waals surface area contributed by atoms with Crippen LogP contribution in [-0.2, 0) is 11.3 Å². The molecule has 0 atom stereocenters. The van der Waals surface area contributed by atoms with Gasteiger partial charge in [0.15, 0.2) is 0 Å². The molecular formula is C22H32N4O. The molecule has 1 saturated carbocycles. The first-order chi connectivity index (χ1) is 13.3. The van der Waals surface area contributed by atoms with Gasteiger partial charge in [-0.1, -0.05) is 37.8 Å². The van der Waals surface area contributed by atoms with Gasteiger partial charge in [0, 0.05) is 25.0 Å². The van der Waals surface area contributed by atoms with Gasteiger partial charge in [-0.3, -0.25) is 9.69 Å². The number of imidazole rings is 1. The monoisotopic (exact) mass is 368 g/mol. The smallest absolute Gasteiger partial charge is 0.221 e. The number of aryl methyl sites for hydroxylation is 1. The molecule has 1 saturated heterocycles. The topological polar surface area (TPSA) is 50.2 Å². The molecule has 1 aromatic carbocycles. The molecule has 0 spiro atoms. The van der Waals surface area contributed by atoms with Crippen LogP contribution in [0.2, 0.25) is 0 Å². The molecule has 1 aliphatic heterocycles. The van der Waals surface area contributed by atoms with Crippen molar-refractivity contribution < 1.29 is 4.79 Å². The molecule has 2 fully saturated rings. The van der Waals surface area contributed by atoms with Gasteiger partial charge in [0.25, 0.3) is 0 Å². The predicted octanol–water partition coefficient (Wildman–Crippen LogP) is 3.73. The Kier molecular flexibility index (Phi) is 5.77. The Morgan fingerprint density at radius 1 is 1.04 bits per heavy atom. The molecule has 0 unspecified atom stereocenters. The van der Waals surface area contributed by atoms with Crippen molar-refractivity contribution in [3.63, 3.8) is 0 Å². The Bertz CT molecular complexity index is 757. The molecule has 5 nitrogen and oxygen atoms in total. The maximum absolute atomic E-state index is 12.6. The maximum atomic E-state index is 12.6. The molecule has 2 heterocycles. The second-order valence-electron chi connectivity index (χ2n) is 8.29. The fraction of sp³-hybridized carbons (Fsp3) is 0.636. The number of likely N-dealkylation sites (tertiary alicyclic amines) is 1. The third kappa shape index (κ3) is 4.18. The third-order valence-electron chi connectivity index (χ3n) is 6.53. The van der Waals surface area contributed by atoms with Crippen LogP contribution < -0.4 is 5.32 Å². The van der Waals surface area contributed by atoms with Crippen LogP contribution in [0.25, 0.3) is 11.0 Å². The van der Waals surface area contributed by atoms with Crippen molar-refractivity contribution in [1.82, 2.24) is 19.8 Å². The lowest BCUT2D eigenvalue weighted by molar-refractivity contribution is -0.122. The van der Waals surface area contributed by atoms with Gasteiger partial charge in [0.05, 0.1) is 17.4 Å². The summed E-state index contributed by atoms with van der Waals surface area (Å²) >= 11 is 0. The number of nitrogens with one attached hydrogen (secondary N) is 1. The van der Waals surface area contributed by atoms with Gasteiger partial charge in [-0.2, -0.15) is 0 Å². The summed E-state index contributed by atoms with van der Waals surface area (Å²) in [6.07, 6.45) is 12.7. The summed E-state index contributed by atoms with van der Waals surface area (Å²) in [6, 6.07) is 8.09. The first kappa shape index (κ1) is 18.5. The lowest BCUT2D eigenvalue weighted by atomic mass is 9.79. The first-order valence-corrected chi connectivity index (χ1v) is 10.7. The van der Waals surface area contributed by atoms with Gasteiger partial charge in [-0.15, -0.1) is 0 Å². The first-order valence-electron chi connectivity index (χ1n) is 10.7. The number of rotatable bonds is 6. The molecule has 1 N–H and O–H groups in total. The highest BCUT2D eigenvalue weighted by Crippen LogP contribution is 2.35. The zero-order valence-corrected chi connectivity index (χ0v) is 16.3. The van der Waals surface area contributed by atoms with Crippen LogP contribution in [0, 0.1) is 0 Å². The van der Waals surface area contributed by atoms with Crippen molar-refractivity contribution in [3.8, 4) is 0 Å². The highest BCUT2D eigenvalue weighted by Gasteiger charge is 2.38. The maximum Gasteiger partial charge on any atom is 0.221 e. The molecule has 1 aromatic heterocycles. The van der Waals surface area contributed by atoms with Gasteiger partial charge < -0.3 is 9.88 Å². The SMILES string of the molecule is O=C(CCn1cnc2ccccc21)NCC1(N2CCCCC2)CCCCC1. The number of carbonyl (C=O) groups excluding carboxylic acids is 1. The molecule has 27 heavy (non-hydrogen) atoms. The molecule has 4 rings (SSSR count). The van der Waals surface area contributed by atoms with Crippen LogP contribution in [0.5, 0.6) is 0 Å². The van der Waals surface area contributed by atoms with Crippen molar-refractivity contribution in [2.75, 3.05) is 19.6 Å². The Morgan fingerprint density at radius 3 is 2.59 bits per heavy atom. The number of fused-ring (bicyclic) bond motifs is 1. The standard InChI is InChI=1S/C22H32N4O/c27-21(11-16-25-18-24-19-9-3-4-10-20(19)25)23-17-22(12-5-1-6-13-22)26-14-7-2-8-15-26/h3-4,9-10,18H,1-2,5-8,11-17H2,(H,23,27). The molecule has 0 bridgehead atoms. The lowest BCUT2D eigenvalue weighted by Gasteiger charge is -2.48. The zero-order chi connectivity index (χ0) is 18.5. The third-order valence-corrected chi connectivity index (χ3v) is 6.53. The number of nitrogens with zero attached hydrogens (tertiary/aromatic N) is 3. The molecule has 146 valence electrons. The summed E-state index contributed by atoms with van der Waals surface area (Å²) in [5.74, 6) is 0.162. The van der Waals surface area contributed by atoms with E-state index in [2.05, 4.69) is 25.8 Å². The van der Waals surface area contributed by atoms with Crippen molar-refractivity contribution in [2.24, 2.45) is 0 Å². The summed E-state index contributed by atoms with van der Waals surface area (Å²) in [5, 5.41) is 3.29. The number of amides is 1. The summed E-state index contributed by atoms with van der Waals surface area (Å²) in [4.78, 5) is 19.7. The van der Waals surface area contributed by atoms with Crippen LogP contribution in [0.4, 0.5) is 0 Å². The molecule has 2 aliphatic rings. The normalized spacial score (nSPS) is 20.6. The number of para-hydroxylation sites is 2. The van der Waals surface area contributed by atoms with E-state index in [9.17, 15) is 4.79 Å². The largest absolute Gasteiger partial charge is 0.354 e. The minimum Gasteiger partial charge on any atom is -0.354 e. The summed E-state index contributed by atoms with van der Waals surface area (Å²) < 4.78 is 2.08. The van der Waals surface area contributed by atoms with Gasteiger partial charge in [-0.05, 0) is 50.9 Å². The van der Waals surface area contributed by atoms with Crippen molar-refractivity contribution in [2.45, 2.75) is 69.9 Å². The van der Waals surface area contributed by atoms with Crippen molar-refractivity contribution in [3.05, 3.63) is 30.6 Å². The Balaban J connectivity index is 1.34. The van der Waals surface area contributed by atoms with Gasteiger partial charge in [0.2, 0.25) is 5.91 Å². The van der Waals surface area contributed by atoms with E-state index in [1.165, 1.54) is 64.5 Å². The fourth-order valence-electron chi connectivity index (χ4n) is 4.94. The molecular weight excluding hydrogens is 336 g/mol. The Labute approximate surface area is 162 Å². The minimum atomic E-state index is 0.162. The molecule has 1 aliphatic carbocycles. The van der Waals surface area contributed by atoms with E-state index < -0.39 is 0 Å². The highest BCUT2D eigenvalue weighted by atomic mass is 16.1. The van der Waals surface area contributed by atoms with Crippen molar-refractivity contribution in [1.29, 1.82) is 0 Å². The van der Waals surface area contributed by atoms with E-state index in [1.54, 1.807) is 0 Å². The quantitative estimate of drug-likeness (QED) is 0.845. The van der Waals surface area contributed by atoms with Gasteiger partial charge in [-0.25, -0.2) is 4.98 Å². The lowest BCUT2D eigenvalue weighted by Crippen LogP contribution is -2.58.